The van der Waals surface area contributed by atoms with Crippen molar-refractivity contribution < 1.29 is 13.9 Å². The van der Waals surface area contributed by atoms with Crippen molar-refractivity contribution in [2.75, 3.05) is 46.5 Å². The van der Waals surface area contributed by atoms with Crippen molar-refractivity contribution >= 4 is 5.96 Å². The highest BCUT2D eigenvalue weighted by atomic mass is 16.5. The van der Waals surface area contributed by atoms with Crippen LogP contribution in [0.3, 0.4) is 0 Å². The number of furan rings is 1. The number of nitrogens with zero attached hydrogens (tertiary/aromatic N) is 2. The standard InChI is InChI=1S/C25H38N4O3/c1-3-31-17-8-14-26-25(27-19-21-10-12-22(30-2)13-11-21)28-20-23(24-9-7-18-32-24)29-15-5-4-6-16-29/h7,9-13,18,23H,3-6,8,14-17,19-20H2,1-2H3,(H2,26,27,28). The van der Waals surface area contributed by atoms with Crippen molar-refractivity contribution in [1.29, 1.82) is 0 Å². The fourth-order valence-corrected chi connectivity index (χ4v) is 3.91. The fraction of sp³-hybridized carbons (Fsp3) is 0.560. The normalized spacial score (nSPS) is 16.0. The molecule has 0 radical (unpaired) electrons. The van der Waals surface area contributed by atoms with Gasteiger partial charge in [0, 0.05) is 26.3 Å². The first-order valence-electron chi connectivity index (χ1n) is 11.8. The third-order valence-corrected chi connectivity index (χ3v) is 5.71. The number of piperidine rings is 1. The predicted octanol–water partition coefficient (Wildman–Crippen LogP) is 3.98. The summed E-state index contributed by atoms with van der Waals surface area (Å²) in [7, 11) is 1.68. The molecular formula is C25H38N4O3. The van der Waals surface area contributed by atoms with Gasteiger partial charge >= 0.3 is 0 Å². The third-order valence-electron chi connectivity index (χ3n) is 5.71. The van der Waals surface area contributed by atoms with Crippen molar-refractivity contribution in [1.82, 2.24) is 15.5 Å². The highest BCUT2D eigenvalue weighted by Crippen LogP contribution is 2.24. The summed E-state index contributed by atoms with van der Waals surface area (Å²) in [5.74, 6) is 2.67. The smallest absolute Gasteiger partial charge is 0.191 e. The molecule has 1 saturated heterocycles. The fourth-order valence-electron chi connectivity index (χ4n) is 3.91. The Bertz CT molecular complexity index is 771. The Morgan fingerprint density at radius 3 is 2.62 bits per heavy atom. The van der Waals surface area contributed by atoms with E-state index in [0.29, 0.717) is 6.54 Å². The Kier molecular flexibility index (Phi) is 10.4. The van der Waals surface area contributed by atoms with Gasteiger partial charge in [-0.2, -0.15) is 0 Å². The molecule has 0 amide bonds. The number of methoxy groups -OCH3 is 1. The van der Waals surface area contributed by atoms with Crippen LogP contribution in [0.4, 0.5) is 0 Å². The maximum Gasteiger partial charge on any atom is 0.191 e. The molecule has 0 bridgehead atoms. The summed E-state index contributed by atoms with van der Waals surface area (Å²) in [6.45, 7) is 7.87. The zero-order valence-electron chi connectivity index (χ0n) is 19.5. The summed E-state index contributed by atoms with van der Waals surface area (Å²) in [6, 6.07) is 12.3. The van der Waals surface area contributed by atoms with Gasteiger partial charge in [0.25, 0.3) is 0 Å². The Morgan fingerprint density at radius 2 is 1.94 bits per heavy atom. The molecule has 2 N–H and O–H groups in total. The lowest BCUT2D eigenvalue weighted by Crippen LogP contribution is -2.44. The van der Waals surface area contributed by atoms with Crippen LogP contribution in [0.2, 0.25) is 0 Å². The molecule has 0 aliphatic carbocycles. The molecule has 1 aliphatic heterocycles. The van der Waals surface area contributed by atoms with E-state index in [9.17, 15) is 0 Å². The van der Waals surface area contributed by atoms with E-state index in [1.807, 2.05) is 25.1 Å². The van der Waals surface area contributed by atoms with Crippen LogP contribution in [-0.2, 0) is 11.3 Å². The minimum absolute atomic E-state index is 0.196. The minimum Gasteiger partial charge on any atom is -0.497 e. The van der Waals surface area contributed by atoms with Gasteiger partial charge in [-0.1, -0.05) is 18.6 Å². The van der Waals surface area contributed by atoms with Crippen LogP contribution in [0.25, 0.3) is 0 Å². The number of benzene rings is 1. The van der Waals surface area contributed by atoms with Crippen LogP contribution < -0.4 is 15.4 Å². The van der Waals surface area contributed by atoms with Gasteiger partial charge in [0.15, 0.2) is 5.96 Å². The molecule has 1 atom stereocenters. The van der Waals surface area contributed by atoms with Crippen LogP contribution in [0.5, 0.6) is 5.75 Å². The Labute approximate surface area is 192 Å². The van der Waals surface area contributed by atoms with Gasteiger partial charge in [-0.25, -0.2) is 4.99 Å². The molecule has 32 heavy (non-hydrogen) atoms. The van der Waals surface area contributed by atoms with Gasteiger partial charge in [-0.15, -0.1) is 0 Å². The topological polar surface area (TPSA) is 71.3 Å². The number of ether oxygens (including phenoxy) is 2. The molecule has 2 aromatic rings. The number of guanidine groups is 1. The first-order valence-corrected chi connectivity index (χ1v) is 11.8. The van der Waals surface area contributed by atoms with E-state index in [-0.39, 0.29) is 6.04 Å². The summed E-state index contributed by atoms with van der Waals surface area (Å²) in [4.78, 5) is 7.35. The largest absolute Gasteiger partial charge is 0.497 e. The minimum atomic E-state index is 0.196. The van der Waals surface area contributed by atoms with Crippen molar-refractivity contribution in [2.24, 2.45) is 4.99 Å². The van der Waals surface area contributed by atoms with Crippen molar-refractivity contribution in [3.05, 3.63) is 54.0 Å². The lowest BCUT2D eigenvalue weighted by molar-refractivity contribution is 0.144. The van der Waals surface area contributed by atoms with E-state index in [0.717, 1.165) is 68.8 Å². The van der Waals surface area contributed by atoms with Crippen molar-refractivity contribution in [3.8, 4) is 5.75 Å². The Morgan fingerprint density at radius 1 is 1.12 bits per heavy atom. The molecule has 176 valence electrons. The van der Waals surface area contributed by atoms with Gasteiger partial charge in [0.05, 0.1) is 26.0 Å². The molecule has 1 aromatic heterocycles. The van der Waals surface area contributed by atoms with Gasteiger partial charge in [0.1, 0.15) is 11.5 Å². The zero-order valence-corrected chi connectivity index (χ0v) is 19.5. The Balaban J connectivity index is 1.63. The monoisotopic (exact) mass is 442 g/mol. The molecule has 1 aromatic carbocycles. The van der Waals surface area contributed by atoms with E-state index < -0.39 is 0 Å². The molecule has 2 heterocycles. The maximum atomic E-state index is 5.79. The molecule has 1 fully saturated rings. The van der Waals surface area contributed by atoms with Crippen LogP contribution in [0.15, 0.2) is 52.1 Å². The van der Waals surface area contributed by atoms with Crippen LogP contribution >= 0.6 is 0 Å². The molecule has 1 aliphatic rings. The third kappa shape index (κ3) is 7.88. The van der Waals surface area contributed by atoms with E-state index in [4.69, 9.17) is 18.9 Å². The summed E-state index contributed by atoms with van der Waals surface area (Å²) in [5, 5.41) is 7.02. The summed E-state index contributed by atoms with van der Waals surface area (Å²) >= 11 is 0. The summed E-state index contributed by atoms with van der Waals surface area (Å²) in [5.41, 5.74) is 1.14. The number of likely N-dealkylation sites (tertiary alicyclic amines) is 1. The number of nitrogens with one attached hydrogen (secondary N) is 2. The van der Waals surface area contributed by atoms with Crippen molar-refractivity contribution in [2.45, 2.75) is 45.2 Å². The lowest BCUT2D eigenvalue weighted by Gasteiger charge is -2.33. The second-order valence-corrected chi connectivity index (χ2v) is 8.00. The average molecular weight is 443 g/mol. The van der Waals surface area contributed by atoms with Crippen molar-refractivity contribution in [3.63, 3.8) is 0 Å². The van der Waals surface area contributed by atoms with Crippen LogP contribution in [-0.4, -0.2) is 57.4 Å². The first kappa shape index (κ1) is 24.1. The van der Waals surface area contributed by atoms with E-state index in [1.165, 1.54) is 19.3 Å². The van der Waals surface area contributed by atoms with Gasteiger partial charge < -0.3 is 24.5 Å². The number of hydrogen-bond donors (Lipinski definition) is 2. The predicted molar refractivity (Wildman–Crippen MR) is 128 cm³/mol. The number of hydrogen-bond acceptors (Lipinski definition) is 5. The second kappa shape index (κ2) is 13.8. The lowest BCUT2D eigenvalue weighted by atomic mass is 10.1. The van der Waals surface area contributed by atoms with Gasteiger partial charge in [-0.3, -0.25) is 4.90 Å². The molecule has 0 spiro atoms. The van der Waals surface area contributed by atoms with Gasteiger partial charge in [-0.05, 0) is 69.1 Å². The maximum absolute atomic E-state index is 5.79. The van der Waals surface area contributed by atoms with Crippen LogP contribution in [0, 0.1) is 0 Å². The highest BCUT2D eigenvalue weighted by molar-refractivity contribution is 5.79. The number of aliphatic imine (C=N–C) groups is 1. The molecular weight excluding hydrogens is 404 g/mol. The molecule has 0 saturated carbocycles. The molecule has 7 heteroatoms. The van der Waals surface area contributed by atoms with Gasteiger partial charge in [0.2, 0.25) is 0 Å². The number of rotatable bonds is 12. The average Bonchev–Trinajstić information content (AvgIpc) is 3.37. The highest BCUT2D eigenvalue weighted by Gasteiger charge is 2.24. The van der Waals surface area contributed by atoms with E-state index >= 15 is 0 Å². The molecule has 3 rings (SSSR count). The molecule has 1 unspecified atom stereocenters. The second-order valence-electron chi connectivity index (χ2n) is 8.00. The summed E-state index contributed by atoms with van der Waals surface area (Å²) in [6.07, 6.45) is 6.49. The van der Waals surface area contributed by atoms with E-state index in [2.05, 4.69) is 33.7 Å². The molecule has 7 nitrogen and oxygen atoms in total. The summed E-state index contributed by atoms with van der Waals surface area (Å²) < 4.78 is 16.5. The quantitative estimate of drug-likeness (QED) is 0.294. The zero-order chi connectivity index (χ0) is 22.4. The SMILES string of the molecule is CCOCCCNC(=NCc1ccc(OC)cc1)NCC(c1ccco1)N1CCCCC1. The van der Waals surface area contributed by atoms with Crippen LogP contribution in [0.1, 0.15) is 50.0 Å². The van der Waals surface area contributed by atoms with E-state index in [1.54, 1.807) is 13.4 Å². The first-order chi connectivity index (χ1) is 15.8. The Hall–Kier alpha value is -2.51.